The van der Waals surface area contributed by atoms with Crippen LogP contribution in [0.25, 0.3) is 0 Å². The van der Waals surface area contributed by atoms with E-state index in [9.17, 15) is 4.79 Å². The molecule has 2 aliphatic rings. The van der Waals surface area contributed by atoms with Gasteiger partial charge in [-0.05, 0) is 48.3 Å². The molecule has 104 valence electrons. The topological polar surface area (TPSA) is 35.6 Å². The Morgan fingerprint density at radius 2 is 2.42 bits per heavy atom. The molecule has 0 aliphatic carbocycles. The molecule has 3 heterocycles. The fourth-order valence-electron chi connectivity index (χ4n) is 3.19. The van der Waals surface area contributed by atoms with Crippen LogP contribution in [0.5, 0.6) is 0 Å². The maximum atomic E-state index is 12.2. The average Bonchev–Trinajstić information content (AvgIpc) is 3.07. The molecule has 2 saturated heterocycles. The van der Waals surface area contributed by atoms with E-state index in [-0.39, 0.29) is 12.1 Å². The van der Waals surface area contributed by atoms with Crippen LogP contribution in [0.15, 0.2) is 16.8 Å². The first-order chi connectivity index (χ1) is 9.29. The second kappa shape index (κ2) is 5.61. The van der Waals surface area contributed by atoms with E-state index in [4.69, 9.17) is 0 Å². The van der Waals surface area contributed by atoms with Crippen molar-refractivity contribution >= 4 is 17.2 Å². The zero-order valence-electron chi connectivity index (χ0n) is 11.3. The zero-order valence-corrected chi connectivity index (χ0v) is 12.2. The van der Waals surface area contributed by atoms with Gasteiger partial charge in [0.25, 0.3) is 0 Å². The van der Waals surface area contributed by atoms with Gasteiger partial charge in [0.1, 0.15) is 6.17 Å². The van der Waals surface area contributed by atoms with Crippen molar-refractivity contribution in [2.75, 3.05) is 26.2 Å². The minimum Gasteiger partial charge on any atom is -0.318 e. The first-order valence-electron chi connectivity index (χ1n) is 7.08. The molecule has 0 saturated carbocycles. The normalized spacial score (nSPS) is 29.1. The maximum absolute atomic E-state index is 12.2. The SMILES string of the molecule is CCN1CCCC(N2C(=O)CNC2c2ccsc2)C1. The van der Waals surface area contributed by atoms with E-state index in [2.05, 4.69) is 38.9 Å². The fraction of sp³-hybridized carbons (Fsp3) is 0.643. The molecular weight excluding hydrogens is 258 g/mol. The molecule has 4 nitrogen and oxygen atoms in total. The predicted octanol–water partition coefficient (Wildman–Crippen LogP) is 1.66. The van der Waals surface area contributed by atoms with Crippen molar-refractivity contribution in [3.8, 4) is 0 Å². The fourth-order valence-corrected chi connectivity index (χ4v) is 3.87. The van der Waals surface area contributed by atoms with Crippen LogP contribution in [-0.2, 0) is 4.79 Å². The summed E-state index contributed by atoms with van der Waals surface area (Å²) in [6.45, 7) is 5.94. The van der Waals surface area contributed by atoms with Gasteiger partial charge in [0.2, 0.25) is 5.91 Å². The quantitative estimate of drug-likeness (QED) is 0.914. The lowest BCUT2D eigenvalue weighted by Crippen LogP contribution is -2.49. The summed E-state index contributed by atoms with van der Waals surface area (Å²) in [5.41, 5.74) is 1.23. The van der Waals surface area contributed by atoms with Gasteiger partial charge in [-0.3, -0.25) is 10.1 Å². The highest BCUT2D eigenvalue weighted by Gasteiger charge is 2.38. The van der Waals surface area contributed by atoms with Crippen molar-refractivity contribution in [2.24, 2.45) is 0 Å². The molecule has 1 aromatic heterocycles. The minimum absolute atomic E-state index is 0.0838. The van der Waals surface area contributed by atoms with Crippen molar-refractivity contribution in [3.63, 3.8) is 0 Å². The molecule has 0 spiro atoms. The van der Waals surface area contributed by atoms with Crippen LogP contribution in [0.1, 0.15) is 31.5 Å². The number of likely N-dealkylation sites (N-methyl/N-ethyl adjacent to an activating group) is 1. The number of nitrogens with zero attached hydrogens (tertiary/aromatic N) is 2. The van der Waals surface area contributed by atoms with Gasteiger partial charge in [0, 0.05) is 12.6 Å². The number of hydrogen-bond acceptors (Lipinski definition) is 4. The van der Waals surface area contributed by atoms with Crippen LogP contribution in [0.2, 0.25) is 0 Å². The predicted molar refractivity (Wildman–Crippen MR) is 77.0 cm³/mol. The van der Waals surface area contributed by atoms with Crippen LogP contribution in [0.4, 0.5) is 0 Å². The Hall–Kier alpha value is -0.910. The Morgan fingerprint density at radius 3 is 3.16 bits per heavy atom. The van der Waals surface area contributed by atoms with Crippen LogP contribution in [-0.4, -0.2) is 47.9 Å². The summed E-state index contributed by atoms with van der Waals surface area (Å²) in [7, 11) is 0. The third-order valence-corrected chi connectivity index (χ3v) is 4.89. The van der Waals surface area contributed by atoms with E-state index in [1.807, 2.05) is 0 Å². The molecule has 2 fully saturated rings. The monoisotopic (exact) mass is 279 g/mol. The Balaban J connectivity index is 1.78. The Kier molecular flexibility index (Phi) is 3.86. The zero-order chi connectivity index (χ0) is 13.2. The third-order valence-electron chi connectivity index (χ3n) is 4.19. The van der Waals surface area contributed by atoms with Crippen LogP contribution in [0.3, 0.4) is 0 Å². The highest BCUT2D eigenvalue weighted by Crippen LogP contribution is 2.29. The van der Waals surface area contributed by atoms with Gasteiger partial charge >= 0.3 is 0 Å². The van der Waals surface area contributed by atoms with Gasteiger partial charge in [-0.2, -0.15) is 11.3 Å². The first kappa shape index (κ1) is 13.1. The molecule has 2 atom stereocenters. The van der Waals surface area contributed by atoms with Crippen molar-refractivity contribution in [2.45, 2.75) is 32.0 Å². The van der Waals surface area contributed by atoms with Crippen molar-refractivity contribution < 1.29 is 4.79 Å². The van der Waals surface area contributed by atoms with E-state index in [0.29, 0.717) is 12.6 Å². The number of carbonyl (C=O) groups excluding carboxylic acids is 1. The van der Waals surface area contributed by atoms with Crippen molar-refractivity contribution in [1.82, 2.24) is 15.1 Å². The molecule has 19 heavy (non-hydrogen) atoms. The lowest BCUT2D eigenvalue weighted by molar-refractivity contribution is -0.131. The smallest absolute Gasteiger partial charge is 0.238 e. The van der Waals surface area contributed by atoms with E-state index in [1.165, 1.54) is 18.5 Å². The number of nitrogens with one attached hydrogen (secondary N) is 1. The largest absolute Gasteiger partial charge is 0.318 e. The van der Waals surface area contributed by atoms with Crippen LogP contribution in [0, 0.1) is 0 Å². The number of thiophene rings is 1. The highest BCUT2D eigenvalue weighted by atomic mass is 32.1. The lowest BCUT2D eigenvalue weighted by Gasteiger charge is -2.39. The number of likely N-dealkylation sites (tertiary alicyclic amines) is 1. The summed E-state index contributed by atoms with van der Waals surface area (Å²) >= 11 is 1.69. The maximum Gasteiger partial charge on any atom is 0.238 e. The number of hydrogen-bond donors (Lipinski definition) is 1. The Labute approximate surface area is 118 Å². The molecule has 3 rings (SSSR count). The van der Waals surface area contributed by atoms with Gasteiger partial charge < -0.3 is 9.80 Å². The second-order valence-electron chi connectivity index (χ2n) is 5.33. The molecule has 5 heteroatoms. The molecule has 1 aromatic rings. The van der Waals surface area contributed by atoms with Gasteiger partial charge in [-0.25, -0.2) is 0 Å². The van der Waals surface area contributed by atoms with Crippen LogP contribution < -0.4 is 5.32 Å². The van der Waals surface area contributed by atoms with E-state index in [1.54, 1.807) is 11.3 Å². The second-order valence-corrected chi connectivity index (χ2v) is 6.11. The molecule has 0 bridgehead atoms. The molecule has 0 radical (unpaired) electrons. The molecule has 1 N–H and O–H groups in total. The summed E-state index contributed by atoms with van der Waals surface area (Å²) in [6.07, 6.45) is 2.41. The molecule has 0 aromatic carbocycles. The summed E-state index contributed by atoms with van der Waals surface area (Å²) in [5.74, 6) is 0.249. The lowest BCUT2D eigenvalue weighted by atomic mass is 10.0. The minimum atomic E-state index is 0.0838. The summed E-state index contributed by atoms with van der Waals surface area (Å²) in [6, 6.07) is 2.48. The number of rotatable bonds is 3. The first-order valence-corrected chi connectivity index (χ1v) is 8.03. The third kappa shape index (κ3) is 2.55. The van der Waals surface area contributed by atoms with E-state index >= 15 is 0 Å². The average molecular weight is 279 g/mol. The number of amides is 1. The van der Waals surface area contributed by atoms with Crippen molar-refractivity contribution in [3.05, 3.63) is 22.4 Å². The van der Waals surface area contributed by atoms with Gasteiger partial charge in [0.05, 0.1) is 6.54 Å². The highest BCUT2D eigenvalue weighted by molar-refractivity contribution is 7.07. The van der Waals surface area contributed by atoms with Crippen molar-refractivity contribution in [1.29, 1.82) is 0 Å². The van der Waals surface area contributed by atoms with Gasteiger partial charge in [0.15, 0.2) is 0 Å². The standard InChI is InChI=1S/C14H21N3OS/c1-2-16-6-3-4-12(9-16)17-13(18)8-15-14(17)11-5-7-19-10-11/h5,7,10,12,14-15H,2-4,6,8-9H2,1H3. The van der Waals surface area contributed by atoms with Crippen LogP contribution >= 0.6 is 11.3 Å². The molecular formula is C14H21N3OS. The molecule has 1 amide bonds. The van der Waals surface area contributed by atoms with Gasteiger partial charge in [-0.1, -0.05) is 6.92 Å². The number of carbonyl (C=O) groups is 1. The Bertz CT molecular complexity index is 434. The molecule has 2 unspecified atom stereocenters. The summed E-state index contributed by atoms with van der Waals surface area (Å²) in [4.78, 5) is 16.8. The summed E-state index contributed by atoms with van der Waals surface area (Å²) in [5, 5.41) is 7.58. The number of piperidine rings is 1. The Morgan fingerprint density at radius 1 is 1.53 bits per heavy atom. The van der Waals surface area contributed by atoms with Gasteiger partial charge in [-0.15, -0.1) is 0 Å². The van der Waals surface area contributed by atoms with E-state index < -0.39 is 0 Å². The molecule has 2 aliphatic heterocycles. The summed E-state index contributed by atoms with van der Waals surface area (Å²) < 4.78 is 0. The van der Waals surface area contributed by atoms with E-state index in [0.717, 1.165) is 19.5 Å².